The van der Waals surface area contributed by atoms with Gasteiger partial charge < -0.3 is 10.3 Å². The van der Waals surface area contributed by atoms with E-state index in [4.69, 9.17) is 5.73 Å². The van der Waals surface area contributed by atoms with Gasteiger partial charge in [0, 0.05) is 24.5 Å². The van der Waals surface area contributed by atoms with Crippen LogP contribution in [0.4, 0.5) is 5.69 Å². The maximum Gasteiger partial charge on any atom is 0.258 e. The van der Waals surface area contributed by atoms with Crippen molar-refractivity contribution >= 4 is 5.69 Å². The highest BCUT2D eigenvalue weighted by Gasteiger charge is 2.02. The molecule has 15 heavy (non-hydrogen) atoms. The molecule has 3 nitrogen and oxygen atoms in total. The molecule has 0 spiro atoms. The summed E-state index contributed by atoms with van der Waals surface area (Å²) < 4.78 is 1.56. The SMILES string of the molecule is Cn1cccc(-c2ccc(N)cc2)c1=O. The molecule has 0 aliphatic heterocycles. The van der Waals surface area contributed by atoms with Crippen molar-refractivity contribution in [3.8, 4) is 11.1 Å². The van der Waals surface area contributed by atoms with Crippen molar-refractivity contribution in [2.45, 2.75) is 0 Å². The third-order valence-corrected chi connectivity index (χ3v) is 2.35. The molecule has 2 N–H and O–H groups in total. The van der Waals surface area contributed by atoms with E-state index in [1.54, 1.807) is 29.9 Å². The number of anilines is 1. The van der Waals surface area contributed by atoms with Crippen molar-refractivity contribution in [2.75, 3.05) is 5.73 Å². The van der Waals surface area contributed by atoms with Crippen LogP contribution >= 0.6 is 0 Å². The Morgan fingerprint density at radius 3 is 2.47 bits per heavy atom. The smallest absolute Gasteiger partial charge is 0.258 e. The predicted molar refractivity (Wildman–Crippen MR) is 61.5 cm³/mol. The van der Waals surface area contributed by atoms with Gasteiger partial charge in [-0.05, 0) is 29.8 Å². The number of nitrogen functional groups attached to an aromatic ring is 1. The van der Waals surface area contributed by atoms with Crippen molar-refractivity contribution in [2.24, 2.45) is 7.05 Å². The molecule has 0 radical (unpaired) electrons. The van der Waals surface area contributed by atoms with Gasteiger partial charge in [-0.3, -0.25) is 4.79 Å². The summed E-state index contributed by atoms with van der Waals surface area (Å²) in [4.78, 5) is 11.8. The summed E-state index contributed by atoms with van der Waals surface area (Å²) in [5.41, 5.74) is 7.88. The van der Waals surface area contributed by atoms with E-state index in [-0.39, 0.29) is 5.56 Å². The number of pyridine rings is 1. The number of aromatic nitrogens is 1. The Kier molecular flexibility index (Phi) is 2.29. The predicted octanol–water partition coefficient (Wildman–Crippen LogP) is 1.63. The maximum atomic E-state index is 11.8. The molecule has 0 atom stereocenters. The van der Waals surface area contributed by atoms with Crippen molar-refractivity contribution in [3.05, 3.63) is 52.9 Å². The Morgan fingerprint density at radius 1 is 1.13 bits per heavy atom. The van der Waals surface area contributed by atoms with E-state index in [0.29, 0.717) is 11.3 Å². The zero-order valence-corrected chi connectivity index (χ0v) is 8.47. The van der Waals surface area contributed by atoms with Gasteiger partial charge >= 0.3 is 0 Å². The Morgan fingerprint density at radius 2 is 1.80 bits per heavy atom. The topological polar surface area (TPSA) is 48.0 Å². The molecule has 0 fully saturated rings. The minimum absolute atomic E-state index is 0.00210. The zero-order chi connectivity index (χ0) is 10.8. The van der Waals surface area contributed by atoms with Crippen LogP contribution in [0.5, 0.6) is 0 Å². The number of rotatable bonds is 1. The van der Waals surface area contributed by atoms with Gasteiger partial charge in [-0.2, -0.15) is 0 Å². The van der Waals surface area contributed by atoms with Gasteiger partial charge in [-0.25, -0.2) is 0 Å². The van der Waals surface area contributed by atoms with Gasteiger partial charge in [0.25, 0.3) is 5.56 Å². The molecule has 2 rings (SSSR count). The fourth-order valence-corrected chi connectivity index (χ4v) is 1.48. The summed E-state index contributed by atoms with van der Waals surface area (Å²) >= 11 is 0. The van der Waals surface area contributed by atoms with Crippen LogP contribution in [0.25, 0.3) is 11.1 Å². The average Bonchev–Trinajstić information content (AvgIpc) is 2.24. The molecule has 0 unspecified atom stereocenters. The monoisotopic (exact) mass is 200 g/mol. The van der Waals surface area contributed by atoms with Crippen molar-refractivity contribution in [1.82, 2.24) is 4.57 Å². The average molecular weight is 200 g/mol. The molecule has 0 saturated heterocycles. The third kappa shape index (κ3) is 1.76. The van der Waals surface area contributed by atoms with Gasteiger partial charge in [0.1, 0.15) is 0 Å². The summed E-state index contributed by atoms with van der Waals surface area (Å²) in [5, 5.41) is 0. The molecule has 3 heteroatoms. The van der Waals surface area contributed by atoms with E-state index >= 15 is 0 Å². The van der Waals surface area contributed by atoms with Crippen LogP contribution in [0.1, 0.15) is 0 Å². The molecule has 0 saturated carbocycles. The Labute approximate surface area is 87.8 Å². The minimum atomic E-state index is 0.00210. The van der Waals surface area contributed by atoms with E-state index in [1.165, 1.54) is 0 Å². The van der Waals surface area contributed by atoms with Crippen molar-refractivity contribution in [1.29, 1.82) is 0 Å². The first-order valence-corrected chi connectivity index (χ1v) is 4.70. The lowest BCUT2D eigenvalue weighted by atomic mass is 10.1. The van der Waals surface area contributed by atoms with Crippen LogP contribution in [-0.2, 0) is 7.05 Å². The van der Waals surface area contributed by atoms with Gasteiger partial charge in [-0.15, -0.1) is 0 Å². The number of nitrogens with zero attached hydrogens (tertiary/aromatic N) is 1. The fourth-order valence-electron chi connectivity index (χ4n) is 1.48. The van der Waals surface area contributed by atoms with Crippen LogP contribution in [0, 0.1) is 0 Å². The molecule has 76 valence electrons. The first-order chi connectivity index (χ1) is 7.18. The summed E-state index contributed by atoms with van der Waals surface area (Å²) in [6.07, 6.45) is 1.74. The van der Waals surface area contributed by atoms with E-state index < -0.39 is 0 Å². The largest absolute Gasteiger partial charge is 0.399 e. The molecule has 2 aromatic rings. The van der Waals surface area contributed by atoms with Gasteiger partial charge in [0.05, 0.1) is 0 Å². The second-order valence-corrected chi connectivity index (χ2v) is 3.46. The van der Waals surface area contributed by atoms with Gasteiger partial charge in [-0.1, -0.05) is 12.1 Å². The van der Waals surface area contributed by atoms with E-state index in [1.807, 2.05) is 24.3 Å². The molecular formula is C12H12N2O. The Hall–Kier alpha value is -2.03. The molecular weight excluding hydrogens is 188 g/mol. The second-order valence-electron chi connectivity index (χ2n) is 3.46. The lowest BCUT2D eigenvalue weighted by Gasteiger charge is -2.03. The minimum Gasteiger partial charge on any atom is -0.399 e. The maximum absolute atomic E-state index is 11.8. The molecule has 1 aromatic carbocycles. The first kappa shape index (κ1) is 9.52. The van der Waals surface area contributed by atoms with Crippen molar-refractivity contribution < 1.29 is 0 Å². The molecule has 0 amide bonds. The van der Waals surface area contributed by atoms with E-state index in [2.05, 4.69) is 0 Å². The van der Waals surface area contributed by atoms with Crippen LogP contribution in [0.3, 0.4) is 0 Å². The number of benzene rings is 1. The highest BCUT2D eigenvalue weighted by atomic mass is 16.1. The molecule has 0 aliphatic carbocycles. The zero-order valence-electron chi connectivity index (χ0n) is 8.47. The molecule has 1 heterocycles. The van der Waals surface area contributed by atoms with Crippen LogP contribution in [0.2, 0.25) is 0 Å². The number of nitrogens with two attached hydrogens (primary N) is 1. The Balaban J connectivity index is 2.59. The quantitative estimate of drug-likeness (QED) is 0.711. The first-order valence-electron chi connectivity index (χ1n) is 4.70. The fraction of sp³-hybridized carbons (Fsp3) is 0.0833. The summed E-state index contributed by atoms with van der Waals surface area (Å²) in [6, 6.07) is 11.0. The highest BCUT2D eigenvalue weighted by molar-refractivity contribution is 5.64. The third-order valence-electron chi connectivity index (χ3n) is 2.35. The lowest BCUT2D eigenvalue weighted by molar-refractivity contribution is 0.863. The van der Waals surface area contributed by atoms with Crippen LogP contribution in [0.15, 0.2) is 47.4 Å². The molecule has 1 aromatic heterocycles. The number of hydrogen-bond acceptors (Lipinski definition) is 2. The Bertz CT molecular complexity index is 526. The van der Waals surface area contributed by atoms with E-state index in [0.717, 1.165) is 5.56 Å². The summed E-state index contributed by atoms with van der Waals surface area (Å²) in [5.74, 6) is 0. The normalized spacial score (nSPS) is 10.2. The van der Waals surface area contributed by atoms with Gasteiger partial charge in [0.2, 0.25) is 0 Å². The highest BCUT2D eigenvalue weighted by Crippen LogP contribution is 2.16. The standard InChI is InChI=1S/C12H12N2O/c1-14-8-2-3-11(12(14)15)9-4-6-10(13)7-5-9/h2-8H,13H2,1H3. The molecule has 0 bridgehead atoms. The lowest BCUT2D eigenvalue weighted by Crippen LogP contribution is -2.17. The number of hydrogen-bond donors (Lipinski definition) is 1. The van der Waals surface area contributed by atoms with Crippen molar-refractivity contribution in [3.63, 3.8) is 0 Å². The molecule has 0 aliphatic rings. The van der Waals surface area contributed by atoms with Gasteiger partial charge in [0.15, 0.2) is 0 Å². The second kappa shape index (κ2) is 3.61. The van der Waals surface area contributed by atoms with Crippen LogP contribution in [-0.4, -0.2) is 4.57 Å². The summed E-state index contributed by atoms with van der Waals surface area (Å²) in [7, 11) is 1.74. The number of aryl methyl sites for hydroxylation is 1. The van der Waals surface area contributed by atoms with Crippen LogP contribution < -0.4 is 11.3 Å². The van der Waals surface area contributed by atoms with E-state index in [9.17, 15) is 4.79 Å². The summed E-state index contributed by atoms with van der Waals surface area (Å²) in [6.45, 7) is 0.